The molecule has 0 bridgehead atoms. The van der Waals surface area contributed by atoms with Crippen LogP contribution in [0.5, 0.6) is 0 Å². The van der Waals surface area contributed by atoms with Crippen LogP contribution in [0, 0.1) is 5.92 Å². The highest BCUT2D eigenvalue weighted by Crippen LogP contribution is 2.16. The fraction of sp³-hybridized carbons (Fsp3) is 0.889. The topological polar surface area (TPSA) is 60.0 Å². The summed E-state index contributed by atoms with van der Waals surface area (Å²) in [6.45, 7) is 15.7. The molecule has 24 heavy (non-hydrogen) atoms. The van der Waals surface area contributed by atoms with Gasteiger partial charge in [-0.15, -0.1) is 0 Å². The van der Waals surface area contributed by atoms with Gasteiger partial charge in [-0.3, -0.25) is 9.79 Å². The van der Waals surface area contributed by atoms with E-state index in [1.807, 2.05) is 18.7 Å². The smallest absolute Gasteiger partial charge is 0.224 e. The van der Waals surface area contributed by atoms with Crippen molar-refractivity contribution in [1.82, 2.24) is 20.4 Å². The van der Waals surface area contributed by atoms with Crippen LogP contribution in [0.1, 0.15) is 47.0 Å². The van der Waals surface area contributed by atoms with Crippen LogP contribution < -0.4 is 10.6 Å². The maximum absolute atomic E-state index is 12.0. The summed E-state index contributed by atoms with van der Waals surface area (Å²) in [6, 6.07) is 0. The van der Waals surface area contributed by atoms with Gasteiger partial charge in [0, 0.05) is 45.7 Å². The zero-order valence-corrected chi connectivity index (χ0v) is 16.1. The molecule has 0 spiro atoms. The second-order valence-corrected chi connectivity index (χ2v) is 6.36. The highest BCUT2D eigenvalue weighted by atomic mass is 16.2. The monoisotopic (exact) mass is 339 g/mol. The van der Waals surface area contributed by atoms with E-state index in [4.69, 9.17) is 4.99 Å². The Kier molecular flexibility index (Phi) is 10.5. The molecule has 6 nitrogen and oxygen atoms in total. The van der Waals surface area contributed by atoms with Crippen LogP contribution in [0.2, 0.25) is 0 Å². The second-order valence-electron chi connectivity index (χ2n) is 6.36. The molecule has 1 saturated heterocycles. The second kappa shape index (κ2) is 12.1. The predicted octanol–water partition coefficient (Wildman–Crippen LogP) is 1.53. The average Bonchev–Trinajstić information content (AvgIpc) is 2.61. The summed E-state index contributed by atoms with van der Waals surface area (Å²) in [4.78, 5) is 21.1. The standard InChI is InChI=1S/C18H37N5O/c1-5-19-18(20-12-11-17(24)23(7-3)8-4)21-14-16-10-9-13-22(6-2)15-16/h16H,5-15H2,1-4H3,(H2,19,20,21). The Balaban J connectivity index is 2.40. The molecule has 1 aliphatic rings. The molecule has 1 unspecified atom stereocenters. The number of carbonyl (C=O) groups is 1. The summed E-state index contributed by atoms with van der Waals surface area (Å²) >= 11 is 0. The van der Waals surface area contributed by atoms with E-state index >= 15 is 0 Å². The van der Waals surface area contributed by atoms with Crippen molar-refractivity contribution < 1.29 is 4.79 Å². The van der Waals surface area contributed by atoms with Crippen molar-refractivity contribution in [2.24, 2.45) is 10.9 Å². The van der Waals surface area contributed by atoms with Crippen molar-refractivity contribution >= 4 is 11.9 Å². The summed E-state index contributed by atoms with van der Waals surface area (Å²) in [6.07, 6.45) is 3.05. The lowest BCUT2D eigenvalue weighted by Gasteiger charge is -2.31. The van der Waals surface area contributed by atoms with Crippen molar-refractivity contribution in [1.29, 1.82) is 0 Å². The molecule has 1 atom stereocenters. The Bertz CT molecular complexity index is 382. The maximum atomic E-state index is 12.0. The zero-order chi connectivity index (χ0) is 17.8. The SMILES string of the molecule is CCNC(=NCC1CCCN(CC)C1)NCCC(=O)N(CC)CC. The molecular formula is C18H37N5O. The molecule has 0 saturated carbocycles. The number of nitrogens with one attached hydrogen (secondary N) is 2. The van der Waals surface area contributed by atoms with Crippen LogP contribution in [0.15, 0.2) is 4.99 Å². The number of guanidine groups is 1. The molecule has 2 N–H and O–H groups in total. The van der Waals surface area contributed by atoms with Crippen LogP contribution in [-0.2, 0) is 4.79 Å². The Hall–Kier alpha value is -1.30. The van der Waals surface area contributed by atoms with Gasteiger partial charge in [0.25, 0.3) is 0 Å². The molecule has 1 rings (SSSR count). The molecule has 1 fully saturated rings. The number of aliphatic imine (C=N–C) groups is 1. The molecule has 140 valence electrons. The van der Waals surface area contributed by atoms with Crippen LogP contribution in [0.25, 0.3) is 0 Å². The van der Waals surface area contributed by atoms with Gasteiger partial charge in [0.05, 0.1) is 0 Å². The minimum atomic E-state index is 0.203. The first-order valence-electron chi connectivity index (χ1n) is 9.66. The minimum absolute atomic E-state index is 0.203. The number of amides is 1. The fourth-order valence-corrected chi connectivity index (χ4v) is 3.17. The van der Waals surface area contributed by atoms with Crippen LogP contribution in [0.4, 0.5) is 0 Å². The molecule has 6 heteroatoms. The number of nitrogens with zero attached hydrogens (tertiary/aromatic N) is 3. The molecule has 1 aliphatic heterocycles. The minimum Gasteiger partial charge on any atom is -0.357 e. The molecule has 1 amide bonds. The first-order valence-corrected chi connectivity index (χ1v) is 9.66. The van der Waals surface area contributed by atoms with E-state index < -0.39 is 0 Å². The quantitative estimate of drug-likeness (QED) is 0.494. The lowest BCUT2D eigenvalue weighted by Crippen LogP contribution is -2.41. The van der Waals surface area contributed by atoms with Crippen LogP contribution >= 0.6 is 0 Å². The van der Waals surface area contributed by atoms with Crippen LogP contribution in [-0.4, -0.2) is 74.0 Å². The predicted molar refractivity (Wildman–Crippen MR) is 101 cm³/mol. The first-order chi connectivity index (χ1) is 11.6. The molecular weight excluding hydrogens is 302 g/mol. The van der Waals surface area contributed by atoms with Gasteiger partial charge in [0.1, 0.15) is 0 Å². The highest BCUT2D eigenvalue weighted by molar-refractivity contribution is 5.81. The Morgan fingerprint density at radius 2 is 1.96 bits per heavy atom. The lowest BCUT2D eigenvalue weighted by molar-refractivity contribution is -0.130. The Morgan fingerprint density at radius 1 is 1.21 bits per heavy atom. The third kappa shape index (κ3) is 7.51. The zero-order valence-electron chi connectivity index (χ0n) is 16.1. The largest absolute Gasteiger partial charge is 0.357 e. The van der Waals surface area contributed by atoms with Crippen molar-refractivity contribution in [3.8, 4) is 0 Å². The molecule has 0 radical (unpaired) electrons. The molecule has 0 aromatic rings. The summed E-state index contributed by atoms with van der Waals surface area (Å²) in [5, 5.41) is 6.58. The van der Waals surface area contributed by atoms with E-state index in [0.717, 1.165) is 45.2 Å². The van der Waals surface area contributed by atoms with Gasteiger partial charge >= 0.3 is 0 Å². The number of hydrogen-bond donors (Lipinski definition) is 2. The molecule has 0 aromatic heterocycles. The van der Waals surface area contributed by atoms with Crippen molar-refractivity contribution in [2.45, 2.75) is 47.0 Å². The first kappa shape index (κ1) is 20.7. The number of piperidine rings is 1. The summed E-state index contributed by atoms with van der Waals surface area (Å²) < 4.78 is 0. The Labute approximate surface area is 148 Å². The van der Waals surface area contributed by atoms with Crippen molar-refractivity contribution in [3.63, 3.8) is 0 Å². The molecule has 1 heterocycles. The highest BCUT2D eigenvalue weighted by Gasteiger charge is 2.18. The lowest BCUT2D eigenvalue weighted by atomic mass is 9.98. The molecule has 0 aliphatic carbocycles. The number of rotatable bonds is 9. The summed E-state index contributed by atoms with van der Waals surface area (Å²) in [5.41, 5.74) is 0. The van der Waals surface area contributed by atoms with Gasteiger partial charge in [-0.2, -0.15) is 0 Å². The van der Waals surface area contributed by atoms with E-state index in [1.54, 1.807) is 0 Å². The van der Waals surface area contributed by atoms with Crippen molar-refractivity contribution in [2.75, 3.05) is 52.4 Å². The van der Waals surface area contributed by atoms with Gasteiger partial charge in [-0.25, -0.2) is 0 Å². The summed E-state index contributed by atoms with van der Waals surface area (Å²) in [5.74, 6) is 1.68. The average molecular weight is 340 g/mol. The van der Waals surface area contributed by atoms with Crippen LogP contribution in [0.3, 0.4) is 0 Å². The number of carbonyl (C=O) groups excluding carboxylic acids is 1. The van der Waals surface area contributed by atoms with E-state index in [-0.39, 0.29) is 5.91 Å². The van der Waals surface area contributed by atoms with E-state index in [1.165, 1.54) is 19.4 Å². The number of likely N-dealkylation sites (tertiary alicyclic amines) is 1. The van der Waals surface area contributed by atoms with Gasteiger partial charge in [0.15, 0.2) is 5.96 Å². The Morgan fingerprint density at radius 3 is 2.58 bits per heavy atom. The van der Waals surface area contributed by atoms with E-state index in [0.29, 0.717) is 18.9 Å². The maximum Gasteiger partial charge on any atom is 0.224 e. The van der Waals surface area contributed by atoms with Gasteiger partial charge in [-0.1, -0.05) is 6.92 Å². The van der Waals surface area contributed by atoms with Gasteiger partial charge < -0.3 is 20.4 Å². The van der Waals surface area contributed by atoms with Gasteiger partial charge in [0.2, 0.25) is 5.91 Å². The third-order valence-electron chi connectivity index (χ3n) is 4.65. The van der Waals surface area contributed by atoms with Crippen molar-refractivity contribution in [3.05, 3.63) is 0 Å². The normalized spacial score (nSPS) is 19.2. The van der Waals surface area contributed by atoms with E-state index in [9.17, 15) is 4.79 Å². The number of hydrogen-bond acceptors (Lipinski definition) is 3. The molecule has 0 aromatic carbocycles. The fourth-order valence-electron chi connectivity index (χ4n) is 3.17. The van der Waals surface area contributed by atoms with E-state index in [2.05, 4.69) is 29.4 Å². The summed E-state index contributed by atoms with van der Waals surface area (Å²) in [7, 11) is 0. The van der Waals surface area contributed by atoms with Gasteiger partial charge in [-0.05, 0) is 52.6 Å². The third-order valence-corrected chi connectivity index (χ3v) is 4.65.